The first-order chi connectivity index (χ1) is 11.4. The molecule has 2 aliphatic rings. The van der Waals surface area contributed by atoms with Crippen LogP contribution >= 0.6 is 0 Å². The molecule has 3 nitrogen and oxygen atoms in total. The minimum absolute atomic E-state index is 0.598. The molecule has 23 heavy (non-hydrogen) atoms. The van der Waals surface area contributed by atoms with Crippen molar-refractivity contribution in [3.63, 3.8) is 0 Å². The van der Waals surface area contributed by atoms with Crippen molar-refractivity contribution in [1.82, 2.24) is 9.88 Å². The Bertz CT molecular complexity index is 448. The highest BCUT2D eigenvalue weighted by Gasteiger charge is 2.23. The molecular formula is C20H33N3. The highest BCUT2D eigenvalue weighted by atomic mass is 15.2. The van der Waals surface area contributed by atoms with E-state index in [9.17, 15) is 0 Å². The van der Waals surface area contributed by atoms with Gasteiger partial charge >= 0.3 is 0 Å². The Morgan fingerprint density at radius 3 is 2.48 bits per heavy atom. The lowest BCUT2D eigenvalue weighted by atomic mass is 9.96. The van der Waals surface area contributed by atoms with Crippen molar-refractivity contribution >= 4 is 5.82 Å². The number of hydrogen-bond acceptors (Lipinski definition) is 3. The fourth-order valence-corrected chi connectivity index (χ4v) is 4.08. The fraction of sp³-hybridized carbons (Fsp3) is 0.750. The standard InChI is InChI=1S/C20H33N3/c1-2-3-13-22-14-9-6-10-19(22)18-11-12-20(21-17-18)23-15-7-4-5-8-16-23/h11-12,17,19H,2-10,13-16H2,1H3/t19-/m1/s1. The van der Waals surface area contributed by atoms with Crippen LogP contribution in [0.2, 0.25) is 0 Å². The van der Waals surface area contributed by atoms with Crippen LogP contribution in [0.15, 0.2) is 18.3 Å². The average Bonchev–Trinajstić information content (AvgIpc) is 2.90. The molecule has 0 bridgehead atoms. The third-order valence-electron chi connectivity index (χ3n) is 5.50. The molecule has 0 amide bonds. The smallest absolute Gasteiger partial charge is 0.128 e. The van der Waals surface area contributed by atoms with E-state index in [0.717, 1.165) is 0 Å². The van der Waals surface area contributed by atoms with Gasteiger partial charge in [-0.2, -0.15) is 0 Å². The summed E-state index contributed by atoms with van der Waals surface area (Å²) in [6.07, 6.45) is 14.2. The number of pyridine rings is 1. The van der Waals surface area contributed by atoms with Crippen LogP contribution in [0.25, 0.3) is 0 Å². The number of anilines is 1. The summed E-state index contributed by atoms with van der Waals surface area (Å²) in [7, 11) is 0. The summed E-state index contributed by atoms with van der Waals surface area (Å²) in [5.74, 6) is 1.19. The lowest BCUT2D eigenvalue weighted by Gasteiger charge is -2.36. The molecule has 3 rings (SSSR count). The van der Waals surface area contributed by atoms with Crippen LogP contribution in [-0.4, -0.2) is 36.1 Å². The zero-order valence-electron chi connectivity index (χ0n) is 14.8. The fourth-order valence-electron chi connectivity index (χ4n) is 4.08. The summed E-state index contributed by atoms with van der Waals surface area (Å²) in [5, 5.41) is 0. The summed E-state index contributed by atoms with van der Waals surface area (Å²) < 4.78 is 0. The van der Waals surface area contributed by atoms with Crippen LogP contribution in [0.4, 0.5) is 5.82 Å². The molecule has 1 aromatic rings. The first kappa shape index (κ1) is 16.8. The summed E-state index contributed by atoms with van der Waals surface area (Å²) in [6, 6.07) is 5.22. The summed E-state index contributed by atoms with van der Waals surface area (Å²) in [6.45, 7) is 7.15. The largest absolute Gasteiger partial charge is 0.357 e. The molecule has 1 aromatic heterocycles. The minimum Gasteiger partial charge on any atom is -0.357 e. The second-order valence-corrected chi connectivity index (χ2v) is 7.25. The van der Waals surface area contributed by atoms with E-state index in [1.165, 1.54) is 95.3 Å². The van der Waals surface area contributed by atoms with E-state index >= 15 is 0 Å². The van der Waals surface area contributed by atoms with E-state index in [-0.39, 0.29) is 0 Å². The van der Waals surface area contributed by atoms with Crippen LogP contribution in [0.1, 0.15) is 76.3 Å². The van der Waals surface area contributed by atoms with E-state index in [1.807, 2.05) is 0 Å². The molecule has 0 saturated carbocycles. The van der Waals surface area contributed by atoms with Gasteiger partial charge in [0.1, 0.15) is 5.82 Å². The van der Waals surface area contributed by atoms with Gasteiger partial charge in [0.2, 0.25) is 0 Å². The normalized spacial score (nSPS) is 23.7. The molecular weight excluding hydrogens is 282 g/mol. The molecule has 0 unspecified atom stereocenters. The Hall–Kier alpha value is -1.09. The maximum Gasteiger partial charge on any atom is 0.128 e. The van der Waals surface area contributed by atoms with Crippen molar-refractivity contribution in [1.29, 1.82) is 0 Å². The molecule has 0 N–H and O–H groups in total. The van der Waals surface area contributed by atoms with Crippen LogP contribution < -0.4 is 4.90 Å². The minimum atomic E-state index is 0.598. The molecule has 3 heterocycles. The van der Waals surface area contributed by atoms with Gasteiger partial charge in [-0.1, -0.05) is 38.7 Å². The van der Waals surface area contributed by atoms with E-state index in [1.54, 1.807) is 0 Å². The van der Waals surface area contributed by atoms with E-state index < -0.39 is 0 Å². The lowest BCUT2D eigenvalue weighted by Crippen LogP contribution is -2.34. The van der Waals surface area contributed by atoms with Gasteiger partial charge < -0.3 is 4.90 Å². The van der Waals surface area contributed by atoms with Crippen molar-refractivity contribution in [3.8, 4) is 0 Å². The summed E-state index contributed by atoms with van der Waals surface area (Å²) in [4.78, 5) is 10.0. The van der Waals surface area contributed by atoms with Gasteiger partial charge in [0.25, 0.3) is 0 Å². The maximum atomic E-state index is 4.83. The zero-order chi connectivity index (χ0) is 15.9. The summed E-state index contributed by atoms with van der Waals surface area (Å²) >= 11 is 0. The van der Waals surface area contributed by atoms with Gasteiger partial charge in [-0.05, 0) is 56.8 Å². The molecule has 0 spiro atoms. The Labute approximate surface area is 142 Å². The molecule has 3 heteroatoms. The van der Waals surface area contributed by atoms with Gasteiger partial charge in [-0.15, -0.1) is 0 Å². The van der Waals surface area contributed by atoms with Gasteiger partial charge in [0, 0.05) is 25.3 Å². The Morgan fingerprint density at radius 2 is 1.78 bits per heavy atom. The molecule has 0 aromatic carbocycles. The Kier molecular flexibility index (Phi) is 6.32. The van der Waals surface area contributed by atoms with Crippen LogP contribution in [0.5, 0.6) is 0 Å². The highest BCUT2D eigenvalue weighted by Crippen LogP contribution is 2.31. The maximum absolute atomic E-state index is 4.83. The van der Waals surface area contributed by atoms with Crippen molar-refractivity contribution < 1.29 is 0 Å². The molecule has 2 saturated heterocycles. The SMILES string of the molecule is CCCCN1CCCC[C@@H]1c1ccc(N2CCCCCC2)nc1. The van der Waals surface area contributed by atoms with Crippen LogP contribution in [-0.2, 0) is 0 Å². The molecule has 2 aliphatic heterocycles. The van der Waals surface area contributed by atoms with Crippen LogP contribution in [0, 0.1) is 0 Å². The quantitative estimate of drug-likeness (QED) is 0.779. The first-order valence-corrected chi connectivity index (χ1v) is 9.83. The predicted molar refractivity (Wildman–Crippen MR) is 98.0 cm³/mol. The van der Waals surface area contributed by atoms with Crippen LogP contribution in [0.3, 0.4) is 0 Å². The highest BCUT2D eigenvalue weighted by molar-refractivity contribution is 5.40. The number of hydrogen-bond donors (Lipinski definition) is 0. The first-order valence-electron chi connectivity index (χ1n) is 9.83. The third-order valence-corrected chi connectivity index (χ3v) is 5.50. The number of likely N-dealkylation sites (tertiary alicyclic amines) is 1. The van der Waals surface area contributed by atoms with Crippen molar-refractivity contribution in [2.24, 2.45) is 0 Å². The number of unbranched alkanes of at least 4 members (excludes halogenated alkanes) is 1. The molecule has 0 radical (unpaired) electrons. The van der Waals surface area contributed by atoms with Gasteiger partial charge in [-0.25, -0.2) is 4.98 Å². The molecule has 2 fully saturated rings. The van der Waals surface area contributed by atoms with E-state index in [4.69, 9.17) is 4.98 Å². The van der Waals surface area contributed by atoms with Gasteiger partial charge in [0.15, 0.2) is 0 Å². The van der Waals surface area contributed by atoms with E-state index in [0.29, 0.717) is 6.04 Å². The molecule has 1 atom stereocenters. The van der Waals surface area contributed by atoms with Crippen molar-refractivity contribution in [2.75, 3.05) is 31.1 Å². The van der Waals surface area contributed by atoms with Gasteiger partial charge in [0.05, 0.1) is 0 Å². The second-order valence-electron chi connectivity index (χ2n) is 7.25. The second kappa shape index (κ2) is 8.68. The molecule has 0 aliphatic carbocycles. The number of nitrogens with zero attached hydrogens (tertiary/aromatic N) is 3. The predicted octanol–water partition coefficient (Wildman–Crippen LogP) is 4.79. The average molecular weight is 316 g/mol. The topological polar surface area (TPSA) is 19.4 Å². The van der Waals surface area contributed by atoms with Crippen molar-refractivity contribution in [3.05, 3.63) is 23.9 Å². The zero-order valence-corrected chi connectivity index (χ0v) is 14.8. The number of piperidine rings is 1. The Morgan fingerprint density at radius 1 is 1.00 bits per heavy atom. The Balaban J connectivity index is 1.67. The lowest BCUT2D eigenvalue weighted by molar-refractivity contribution is 0.146. The van der Waals surface area contributed by atoms with Gasteiger partial charge in [-0.3, -0.25) is 4.90 Å². The van der Waals surface area contributed by atoms with E-state index in [2.05, 4.69) is 35.1 Å². The van der Waals surface area contributed by atoms with Crippen molar-refractivity contribution in [2.45, 2.75) is 70.8 Å². The molecule has 128 valence electrons. The monoisotopic (exact) mass is 315 g/mol. The third kappa shape index (κ3) is 4.47. The number of aromatic nitrogens is 1. The summed E-state index contributed by atoms with van der Waals surface area (Å²) in [5.41, 5.74) is 1.43. The number of rotatable bonds is 5.